The van der Waals surface area contributed by atoms with Gasteiger partial charge in [-0.05, 0) is 42.9 Å². The molecule has 1 heterocycles. The standard InChI is InChI=1S/C20H22N2O5S/c1-11-7-8-13-15(9-11)28-19(17(13)18(21)24)22-16(23)10-27-20(25)12-5-3-4-6-14(12)26-2/h3-6,11H,7-10H2,1-2H3,(H2,21,24)(H,22,23)/t11-/m0/s1. The van der Waals surface area contributed by atoms with Crippen LogP contribution in [-0.2, 0) is 22.4 Å². The summed E-state index contributed by atoms with van der Waals surface area (Å²) in [6.07, 6.45) is 2.61. The number of primary amides is 1. The molecule has 2 aromatic rings. The molecule has 0 saturated carbocycles. The van der Waals surface area contributed by atoms with Crippen molar-refractivity contribution in [2.24, 2.45) is 11.7 Å². The van der Waals surface area contributed by atoms with Gasteiger partial charge < -0.3 is 20.5 Å². The van der Waals surface area contributed by atoms with Crippen LogP contribution in [0.15, 0.2) is 24.3 Å². The van der Waals surface area contributed by atoms with Crippen LogP contribution in [0.4, 0.5) is 5.00 Å². The van der Waals surface area contributed by atoms with E-state index in [4.69, 9.17) is 15.2 Å². The Morgan fingerprint density at radius 1 is 1.29 bits per heavy atom. The number of methoxy groups -OCH3 is 1. The molecule has 1 aliphatic rings. The summed E-state index contributed by atoms with van der Waals surface area (Å²) in [6, 6.07) is 6.59. The summed E-state index contributed by atoms with van der Waals surface area (Å²) in [5.74, 6) is -0.867. The zero-order valence-corrected chi connectivity index (χ0v) is 16.6. The Labute approximate surface area is 166 Å². The largest absolute Gasteiger partial charge is 0.496 e. The summed E-state index contributed by atoms with van der Waals surface area (Å²) < 4.78 is 10.2. The van der Waals surface area contributed by atoms with E-state index in [1.807, 2.05) is 0 Å². The number of esters is 1. The minimum atomic E-state index is -0.665. The Bertz CT molecular complexity index is 921. The predicted octanol–water partition coefficient (Wildman–Crippen LogP) is 2.78. The molecule has 0 unspecified atom stereocenters. The van der Waals surface area contributed by atoms with Crippen molar-refractivity contribution in [2.75, 3.05) is 19.0 Å². The molecule has 3 rings (SSSR count). The number of thiophene rings is 1. The number of hydrogen-bond acceptors (Lipinski definition) is 6. The molecule has 148 valence electrons. The minimum Gasteiger partial charge on any atom is -0.496 e. The maximum absolute atomic E-state index is 12.3. The lowest BCUT2D eigenvalue weighted by molar-refractivity contribution is -0.119. The number of anilines is 1. The SMILES string of the molecule is COc1ccccc1C(=O)OCC(=O)Nc1sc2c(c1C(N)=O)CC[C@H](C)C2. The summed E-state index contributed by atoms with van der Waals surface area (Å²) in [5.41, 5.74) is 7.07. The van der Waals surface area contributed by atoms with Crippen LogP contribution < -0.4 is 15.8 Å². The third-order valence-electron chi connectivity index (χ3n) is 4.67. The number of para-hydroxylation sites is 1. The predicted molar refractivity (Wildman–Crippen MR) is 106 cm³/mol. The molecular formula is C20H22N2O5S. The van der Waals surface area contributed by atoms with E-state index >= 15 is 0 Å². The molecule has 1 aromatic heterocycles. The van der Waals surface area contributed by atoms with Crippen LogP contribution in [-0.4, -0.2) is 31.5 Å². The van der Waals surface area contributed by atoms with Crippen LogP contribution in [0.5, 0.6) is 5.75 Å². The van der Waals surface area contributed by atoms with Gasteiger partial charge in [0.05, 0.1) is 12.7 Å². The highest BCUT2D eigenvalue weighted by Crippen LogP contribution is 2.39. The normalized spacial score (nSPS) is 15.4. The highest BCUT2D eigenvalue weighted by atomic mass is 32.1. The first-order chi connectivity index (χ1) is 13.4. The first-order valence-electron chi connectivity index (χ1n) is 8.95. The van der Waals surface area contributed by atoms with Crippen molar-refractivity contribution in [3.63, 3.8) is 0 Å². The fraction of sp³-hybridized carbons (Fsp3) is 0.350. The van der Waals surface area contributed by atoms with Gasteiger partial charge >= 0.3 is 5.97 Å². The zero-order chi connectivity index (χ0) is 20.3. The third kappa shape index (κ3) is 4.17. The average Bonchev–Trinajstić information content (AvgIpc) is 3.02. The molecule has 0 fully saturated rings. The molecule has 7 nitrogen and oxygen atoms in total. The zero-order valence-electron chi connectivity index (χ0n) is 15.7. The molecule has 0 aliphatic heterocycles. The summed E-state index contributed by atoms with van der Waals surface area (Å²) in [6.45, 7) is 1.68. The second kappa shape index (κ2) is 8.43. The number of nitrogens with one attached hydrogen (secondary N) is 1. The summed E-state index contributed by atoms with van der Waals surface area (Å²) in [5, 5.41) is 3.09. The van der Waals surface area contributed by atoms with E-state index in [0.717, 1.165) is 29.7 Å². The van der Waals surface area contributed by atoms with E-state index in [2.05, 4.69) is 12.2 Å². The first kappa shape index (κ1) is 19.9. The van der Waals surface area contributed by atoms with E-state index in [-0.39, 0.29) is 5.56 Å². The number of fused-ring (bicyclic) bond motifs is 1. The Balaban J connectivity index is 1.68. The molecule has 0 spiro atoms. The van der Waals surface area contributed by atoms with Gasteiger partial charge in [0, 0.05) is 4.88 Å². The number of carbonyl (C=O) groups is 3. The molecule has 8 heteroatoms. The number of rotatable bonds is 6. The van der Waals surface area contributed by atoms with Gasteiger partial charge in [0.1, 0.15) is 16.3 Å². The lowest BCUT2D eigenvalue weighted by Crippen LogP contribution is -2.23. The van der Waals surface area contributed by atoms with Crippen LogP contribution in [0.3, 0.4) is 0 Å². The minimum absolute atomic E-state index is 0.233. The number of hydrogen-bond donors (Lipinski definition) is 2. The van der Waals surface area contributed by atoms with E-state index in [9.17, 15) is 14.4 Å². The van der Waals surface area contributed by atoms with E-state index in [0.29, 0.717) is 22.2 Å². The van der Waals surface area contributed by atoms with E-state index < -0.39 is 24.4 Å². The molecule has 1 aromatic carbocycles. The highest BCUT2D eigenvalue weighted by Gasteiger charge is 2.27. The monoisotopic (exact) mass is 402 g/mol. The molecular weight excluding hydrogens is 380 g/mol. The van der Waals surface area contributed by atoms with Crippen LogP contribution in [0.1, 0.15) is 44.5 Å². The maximum Gasteiger partial charge on any atom is 0.342 e. The lowest BCUT2D eigenvalue weighted by atomic mass is 9.88. The van der Waals surface area contributed by atoms with Crippen molar-refractivity contribution in [2.45, 2.75) is 26.2 Å². The second-order valence-corrected chi connectivity index (χ2v) is 7.85. The number of carbonyl (C=O) groups excluding carboxylic acids is 3. The van der Waals surface area contributed by atoms with Crippen molar-refractivity contribution < 1.29 is 23.9 Å². The number of benzene rings is 1. The summed E-state index contributed by atoms with van der Waals surface area (Å²) >= 11 is 1.37. The number of nitrogens with two attached hydrogens (primary N) is 1. The van der Waals surface area contributed by atoms with E-state index in [1.165, 1.54) is 18.4 Å². The van der Waals surface area contributed by atoms with E-state index in [1.54, 1.807) is 24.3 Å². The van der Waals surface area contributed by atoms with Crippen molar-refractivity contribution in [3.05, 3.63) is 45.8 Å². The number of amides is 2. The summed E-state index contributed by atoms with van der Waals surface area (Å²) in [7, 11) is 1.45. The van der Waals surface area contributed by atoms with Crippen LogP contribution in [0.25, 0.3) is 0 Å². The van der Waals surface area contributed by atoms with Crippen LogP contribution in [0.2, 0.25) is 0 Å². The van der Waals surface area contributed by atoms with Gasteiger partial charge in [-0.1, -0.05) is 19.1 Å². The van der Waals surface area contributed by atoms with Gasteiger partial charge in [-0.15, -0.1) is 11.3 Å². The topological polar surface area (TPSA) is 108 Å². The molecule has 0 bridgehead atoms. The van der Waals surface area contributed by atoms with Crippen molar-refractivity contribution in [3.8, 4) is 5.75 Å². The molecule has 0 saturated heterocycles. The van der Waals surface area contributed by atoms with Gasteiger partial charge in [-0.2, -0.15) is 0 Å². The van der Waals surface area contributed by atoms with Gasteiger partial charge in [0.2, 0.25) is 0 Å². The second-order valence-electron chi connectivity index (χ2n) is 6.74. The molecule has 1 atom stereocenters. The lowest BCUT2D eigenvalue weighted by Gasteiger charge is -2.18. The fourth-order valence-corrected chi connectivity index (χ4v) is 4.72. The molecule has 2 amide bonds. The molecule has 1 aliphatic carbocycles. The van der Waals surface area contributed by atoms with Crippen LogP contribution in [0, 0.1) is 5.92 Å². The van der Waals surface area contributed by atoms with Gasteiger partial charge in [0.15, 0.2) is 6.61 Å². The Morgan fingerprint density at radius 3 is 2.75 bits per heavy atom. The average molecular weight is 402 g/mol. The smallest absolute Gasteiger partial charge is 0.342 e. The van der Waals surface area contributed by atoms with Crippen molar-refractivity contribution in [1.29, 1.82) is 0 Å². The molecule has 0 radical (unpaired) electrons. The quantitative estimate of drug-likeness (QED) is 0.723. The molecule has 3 N–H and O–H groups in total. The van der Waals surface area contributed by atoms with Gasteiger partial charge in [-0.3, -0.25) is 9.59 Å². The van der Waals surface area contributed by atoms with Gasteiger partial charge in [0.25, 0.3) is 11.8 Å². The molecule has 28 heavy (non-hydrogen) atoms. The maximum atomic E-state index is 12.3. The Kier molecular flexibility index (Phi) is 5.99. The summed E-state index contributed by atoms with van der Waals surface area (Å²) in [4.78, 5) is 37.5. The number of ether oxygens (including phenoxy) is 2. The third-order valence-corrected chi connectivity index (χ3v) is 5.84. The Hall–Kier alpha value is -2.87. The first-order valence-corrected chi connectivity index (χ1v) is 9.76. The van der Waals surface area contributed by atoms with Crippen molar-refractivity contribution >= 4 is 34.1 Å². The highest BCUT2D eigenvalue weighted by molar-refractivity contribution is 7.17. The van der Waals surface area contributed by atoms with Crippen molar-refractivity contribution in [1.82, 2.24) is 0 Å². The fourth-order valence-electron chi connectivity index (χ4n) is 3.28. The van der Waals surface area contributed by atoms with Gasteiger partial charge in [-0.25, -0.2) is 4.79 Å². The Morgan fingerprint density at radius 2 is 2.04 bits per heavy atom. The van der Waals surface area contributed by atoms with Crippen LogP contribution >= 0.6 is 11.3 Å².